The molecule has 1 atom stereocenters. The van der Waals surface area contributed by atoms with Gasteiger partial charge in [-0.15, -0.1) is 6.58 Å². The molecular weight excluding hydrogens is 293 g/mol. The van der Waals surface area contributed by atoms with Crippen LogP contribution in [0, 0.1) is 0 Å². The molecule has 0 heterocycles. The van der Waals surface area contributed by atoms with Crippen LogP contribution >= 0.6 is 34.8 Å². The lowest BCUT2D eigenvalue weighted by atomic mass is 10.1. The van der Waals surface area contributed by atoms with E-state index in [1.807, 2.05) is 37.3 Å². The first kappa shape index (κ1) is 15.4. The van der Waals surface area contributed by atoms with Crippen LogP contribution in [0.5, 0.6) is 0 Å². The van der Waals surface area contributed by atoms with Crippen molar-refractivity contribution in [2.24, 2.45) is 0 Å². The first-order valence-corrected chi connectivity index (χ1v) is 6.55. The third-order valence-corrected chi connectivity index (χ3v) is 3.06. The van der Waals surface area contributed by atoms with Crippen molar-refractivity contribution in [2.45, 2.75) is 16.8 Å². The van der Waals surface area contributed by atoms with Gasteiger partial charge in [-0.05, 0) is 12.5 Å². The molecule has 1 amide bonds. The third kappa shape index (κ3) is 3.91. The van der Waals surface area contributed by atoms with Gasteiger partial charge in [-0.3, -0.25) is 4.79 Å². The molecule has 0 radical (unpaired) electrons. The average molecular weight is 307 g/mol. The molecule has 0 bridgehead atoms. The SMILES string of the molecule is C=CCN(C(=O)C(Cl)(Cl)Cl)[C@@H](C)c1ccccc1. The maximum Gasteiger partial charge on any atom is 0.275 e. The fourth-order valence-electron chi connectivity index (χ4n) is 1.63. The van der Waals surface area contributed by atoms with E-state index in [0.29, 0.717) is 6.54 Å². The quantitative estimate of drug-likeness (QED) is 0.605. The van der Waals surface area contributed by atoms with Gasteiger partial charge in [0.05, 0.1) is 6.04 Å². The van der Waals surface area contributed by atoms with Crippen molar-refractivity contribution in [3.63, 3.8) is 0 Å². The van der Waals surface area contributed by atoms with E-state index in [1.54, 1.807) is 6.08 Å². The Labute approximate surface area is 122 Å². The molecule has 0 N–H and O–H groups in total. The van der Waals surface area contributed by atoms with Crippen LogP contribution in [0.3, 0.4) is 0 Å². The van der Waals surface area contributed by atoms with Gasteiger partial charge in [0.25, 0.3) is 9.70 Å². The molecule has 1 aromatic rings. The van der Waals surface area contributed by atoms with Gasteiger partial charge in [-0.2, -0.15) is 0 Å². The highest BCUT2D eigenvalue weighted by Crippen LogP contribution is 2.32. The van der Waals surface area contributed by atoms with Gasteiger partial charge in [0, 0.05) is 6.54 Å². The average Bonchev–Trinajstić information content (AvgIpc) is 2.34. The number of hydrogen-bond acceptors (Lipinski definition) is 1. The van der Waals surface area contributed by atoms with Crippen LogP contribution in [0.25, 0.3) is 0 Å². The Morgan fingerprint density at radius 1 is 1.39 bits per heavy atom. The number of amides is 1. The lowest BCUT2D eigenvalue weighted by molar-refractivity contribution is -0.131. The van der Waals surface area contributed by atoms with Gasteiger partial charge in [-0.1, -0.05) is 71.2 Å². The normalized spacial score (nSPS) is 12.9. The Morgan fingerprint density at radius 3 is 2.39 bits per heavy atom. The molecule has 0 aliphatic carbocycles. The molecule has 0 aliphatic heterocycles. The summed E-state index contributed by atoms with van der Waals surface area (Å²) < 4.78 is -1.95. The zero-order chi connectivity index (χ0) is 13.8. The smallest absolute Gasteiger partial charge is 0.275 e. The van der Waals surface area contributed by atoms with Crippen LogP contribution in [0.15, 0.2) is 43.0 Å². The van der Waals surface area contributed by atoms with Crippen molar-refractivity contribution in [1.82, 2.24) is 4.90 Å². The summed E-state index contributed by atoms with van der Waals surface area (Å²) in [5.41, 5.74) is 0.974. The van der Waals surface area contributed by atoms with E-state index in [0.717, 1.165) is 5.56 Å². The topological polar surface area (TPSA) is 20.3 Å². The molecule has 0 saturated carbocycles. The zero-order valence-electron chi connectivity index (χ0n) is 9.95. The van der Waals surface area contributed by atoms with E-state index in [9.17, 15) is 4.79 Å². The van der Waals surface area contributed by atoms with Crippen molar-refractivity contribution < 1.29 is 4.79 Å². The molecule has 0 aliphatic rings. The molecule has 98 valence electrons. The molecule has 0 fully saturated rings. The van der Waals surface area contributed by atoms with Gasteiger partial charge in [0.15, 0.2) is 0 Å². The summed E-state index contributed by atoms with van der Waals surface area (Å²) >= 11 is 17.0. The zero-order valence-corrected chi connectivity index (χ0v) is 12.2. The first-order chi connectivity index (χ1) is 8.38. The van der Waals surface area contributed by atoms with Crippen LogP contribution in [0.2, 0.25) is 0 Å². The number of nitrogens with zero attached hydrogens (tertiary/aromatic N) is 1. The standard InChI is InChI=1S/C13H14Cl3NO/c1-3-9-17(12(18)13(14,15)16)10(2)11-7-5-4-6-8-11/h3-8,10H,1,9H2,2H3/t10-/m0/s1. The second-order valence-electron chi connectivity index (χ2n) is 3.83. The predicted molar refractivity (Wildman–Crippen MR) is 77.1 cm³/mol. The Balaban J connectivity index is 2.99. The molecule has 0 spiro atoms. The van der Waals surface area contributed by atoms with Crippen LogP contribution in [-0.2, 0) is 4.79 Å². The van der Waals surface area contributed by atoms with E-state index in [1.165, 1.54) is 4.90 Å². The van der Waals surface area contributed by atoms with Crippen LogP contribution in [0.4, 0.5) is 0 Å². The third-order valence-electron chi connectivity index (χ3n) is 2.58. The molecule has 0 aromatic heterocycles. The Kier molecular flexibility index (Phi) is 5.51. The highest BCUT2D eigenvalue weighted by molar-refractivity contribution is 6.76. The second-order valence-corrected chi connectivity index (χ2v) is 6.11. The van der Waals surface area contributed by atoms with E-state index in [-0.39, 0.29) is 6.04 Å². The summed E-state index contributed by atoms with van der Waals surface area (Å²) in [7, 11) is 0. The Morgan fingerprint density at radius 2 is 1.94 bits per heavy atom. The number of carbonyl (C=O) groups is 1. The van der Waals surface area contributed by atoms with Crippen LogP contribution in [-0.4, -0.2) is 21.1 Å². The number of rotatable bonds is 4. The number of benzene rings is 1. The summed E-state index contributed by atoms with van der Waals surface area (Å²) in [6.45, 7) is 5.82. The van der Waals surface area contributed by atoms with Crippen LogP contribution in [0.1, 0.15) is 18.5 Å². The highest BCUT2D eigenvalue weighted by atomic mass is 35.6. The summed E-state index contributed by atoms with van der Waals surface area (Å²) in [4.78, 5) is 13.5. The van der Waals surface area contributed by atoms with Gasteiger partial charge in [0.1, 0.15) is 0 Å². The van der Waals surface area contributed by atoms with E-state index >= 15 is 0 Å². The number of alkyl halides is 3. The van der Waals surface area contributed by atoms with E-state index in [2.05, 4.69) is 6.58 Å². The van der Waals surface area contributed by atoms with Crippen LogP contribution < -0.4 is 0 Å². The Hall–Kier alpha value is -0.700. The molecule has 2 nitrogen and oxygen atoms in total. The number of hydrogen-bond donors (Lipinski definition) is 0. The molecule has 0 unspecified atom stereocenters. The molecule has 1 rings (SSSR count). The lowest BCUT2D eigenvalue weighted by Crippen LogP contribution is -2.41. The maximum absolute atomic E-state index is 12.1. The van der Waals surface area contributed by atoms with Gasteiger partial charge < -0.3 is 4.90 Å². The molecular formula is C13H14Cl3NO. The molecule has 0 saturated heterocycles. The lowest BCUT2D eigenvalue weighted by Gasteiger charge is -2.31. The van der Waals surface area contributed by atoms with Crippen molar-refractivity contribution in [2.75, 3.05) is 6.54 Å². The minimum atomic E-state index is -1.95. The monoisotopic (exact) mass is 305 g/mol. The molecule has 5 heteroatoms. The van der Waals surface area contributed by atoms with Gasteiger partial charge in [0.2, 0.25) is 0 Å². The van der Waals surface area contributed by atoms with Gasteiger partial charge >= 0.3 is 0 Å². The maximum atomic E-state index is 12.1. The van der Waals surface area contributed by atoms with Crippen molar-refractivity contribution >= 4 is 40.7 Å². The summed E-state index contributed by atoms with van der Waals surface area (Å²) in [5.74, 6) is -0.552. The predicted octanol–water partition coefficient (Wildman–Crippen LogP) is 4.13. The van der Waals surface area contributed by atoms with E-state index in [4.69, 9.17) is 34.8 Å². The number of carbonyl (C=O) groups excluding carboxylic acids is 1. The van der Waals surface area contributed by atoms with Crippen molar-refractivity contribution in [3.05, 3.63) is 48.6 Å². The highest BCUT2D eigenvalue weighted by Gasteiger charge is 2.36. The fourth-order valence-corrected chi connectivity index (χ4v) is 1.96. The summed E-state index contributed by atoms with van der Waals surface area (Å²) in [5, 5.41) is 0. The fraction of sp³-hybridized carbons (Fsp3) is 0.308. The van der Waals surface area contributed by atoms with Crippen molar-refractivity contribution in [3.8, 4) is 0 Å². The minimum absolute atomic E-state index is 0.188. The molecule has 18 heavy (non-hydrogen) atoms. The van der Waals surface area contributed by atoms with E-state index < -0.39 is 9.70 Å². The Bertz CT molecular complexity index is 414. The largest absolute Gasteiger partial charge is 0.329 e. The summed E-state index contributed by atoms with van der Waals surface area (Å²) in [6, 6.07) is 9.37. The summed E-state index contributed by atoms with van der Waals surface area (Å²) in [6.07, 6.45) is 1.60. The first-order valence-electron chi connectivity index (χ1n) is 5.41. The van der Waals surface area contributed by atoms with Gasteiger partial charge in [-0.25, -0.2) is 0 Å². The number of halogens is 3. The van der Waals surface area contributed by atoms with Crippen molar-refractivity contribution in [1.29, 1.82) is 0 Å². The molecule has 1 aromatic carbocycles. The second kappa shape index (κ2) is 6.46. The minimum Gasteiger partial charge on any atom is -0.329 e.